The van der Waals surface area contributed by atoms with Crippen LogP contribution in [0.2, 0.25) is 10.0 Å². The molecule has 0 atom stereocenters. The number of hydrogen-bond acceptors (Lipinski definition) is 11. The van der Waals surface area contributed by atoms with E-state index in [1.807, 2.05) is 62.9 Å². The third kappa shape index (κ3) is 15.5. The Bertz CT molecular complexity index is 4420. The van der Waals surface area contributed by atoms with Crippen LogP contribution in [0.25, 0.3) is 43.6 Å². The van der Waals surface area contributed by atoms with Crippen LogP contribution in [0.3, 0.4) is 0 Å². The minimum atomic E-state index is -3.19. The molecule has 4 aromatic carbocycles. The summed E-state index contributed by atoms with van der Waals surface area (Å²) in [5, 5.41) is 5.77. The lowest BCUT2D eigenvalue weighted by atomic mass is 9.88. The molecule has 19 nitrogen and oxygen atoms in total. The highest BCUT2D eigenvalue weighted by molar-refractivity contribution is 7.90. The summed E-state index contributed by atoms with van der Waals surface area (Å²) >= 11 is 12.5. The number of nitrogens with one attached hydrogen (secondary N) is 4. The maximum Gasteiger partial charge on any atom is 0.216 e. The zero-order valence-corrected chi connectivity index (χ0v) is 60.5. The second kappa shape index (κ2) is 28.6. The molecule has 5 aliphatic heterocycles. The summed E-state index contributed by atoms with van der Waals surface area (Å²) in [7, 11) is -12.5. The first-order chi connectivity index (χ1) is 44.6. The van der Waals surface area contributed by atoms with E-state index in [2.05, 4.69) is 97.0 Å². The molecule has 0 unspecified atom stereocenters. The summed E-state index contributed by atoms with van der Waals surface area (Å²) in [4.78, 5) is 20.1. The SMILES string of the molecule is CC(C)S(=O)(=O)N1CCC(c2cc(Cl)cc3[nH]ccc23)CC1.CC(C)c1cc(N2CCN(S(C)(=O)=O)C(C)(C)C2)c2cc[nH]c2c1.CS(=O)(=O)N1CCN(c2cc(N3CCCC3)cc3[nH]ccc23)CC1.O=S(=O)(C1CCCC1)N1CCC(c2cc(Cl)cc3[nH]ccc23)CC1. The summed E-state index contributed by atoms with van der Waals surface area (Å²) in [5.41, 5.74) is 11.4. The molecule has 8 aromatic rings. The van der Waals surface area contributed by atoms with Crippen LogP contribution in [0, 0.1) is 0 Å². The summed E-state index contributed by atoms with van der Waals surface area (Å²) in [6.45, 7) is 21.0. The molecule has 6 aliphatic rings. The van der Waals surface area contributed by atoms with Crippen LogP contribution in [0.5, 0.6) is 0 Å². The third-order valence-electron chi connectivity index (χ3n) is 20.2. The van der Waals surface area contributed by atoms with Gasteiger partial charge in [0.2, 0.25) is 40.1 Å². The van der Waals surface area contributed by atoms with Crippen LogP contribution in [-0.4, -0.2) is 184 Å². The molecular formula is C69H95Cl2N11O8S4. The van der Waals surface area contributed by atoms with Crippen molar-refractivity contribution in [2.75, 3.05) is 112 Å². The molecule has 1 saturated carbocycles. The Morgan fingerprint density at radius 2 is 0.915 bits per heavy atom. The highest BCUT2D eigenvalue weighted by Crippen LogP contribution is 2.41. The molecule has 94 heavy (non-hydrogen) atoms. The van der Waals surface area contributed by atoms with Crippen molar-refractivity contribution in [3.05, 3.63) is 124 Å². The fourth-order valence-corrected chi connectivity index (χ4v) is 21.1. The first kappa shape index (κ1) is 70.0. The van der Waals surface area contributed by atoms with Crippen LogP contribution < -0.4 is 14.7 Å². The minimum absolute atomic E-state index is 0.142. The van der Waals surface area contributed by atoms with Crippen molar-refractivity contribution in [2.45, 2.75) is 140 Å². The van der Waals surface area contributed by atoms with E-state index in [0.29, 0.717) is 76.7 Å². The van der Waals surface area contributed by atoms with Gasteiger partial charge in [-0.05, 0) is 186 Å². The van der Waals surface area contributed by atoms with Crippen LogP contribution >= 0.6 is 23.2 Å². The number of aromatic amines is 4. The molecule has 9 heterocycles. The number of aromatic nitrogens is 4. The molecule has 512 valence electrons. The van der Waals surface area contributed by atoms with E-state index in [9.17, 15) is 33.7 Å². The van der Waals surface area contributed by atoms with Gasteiger partial charge in [0.1, 0.15) is 0 Å². The van der Waals surface area contributed by atoms with E-state index in [4.69, 9.17) is 23.2 Å². The summed E-state index contributed by atoms with van der Waals surface area (Å²) in [5.74, 6) is 1.18. The maximum absolute atomic E-state index is 12.8. The highest BCUT2D eigenvalue weighted by atomic mass is 35.5. The topological polar surface area (TPSA) is 222 Å². The molecule has 4 N–H and O–H groups in total. The number of piperazine rings is 2. The monoisotopic (exact) mass is 1400 g/mol. The predicted octanol–water partition coefficient (Wildman–Crippen LogP) is 13.0. The van der Waals surface area contributed by atoms with Gasteiger partial charge in [-0.25, -0.2) is 42.3 Å². The first-order valence-corrected chi connectivity index (χ1v) is 40.9. The first-order valence-electron chi connectivity index (χ1n) is 33.5. The van der Waals surface area contributed by atoms with Crippen molar-refractivity contribution in [1.82, 2.24) is 37.2 Å². The molecule has 0 radical (unpaired) electrons. The maximum atomic E-state index is 12.8. The predicted molar refractivity (Wildman–Crippen MR) is 388 cm³/mol. The van der Waals surface area contributed by atoms with Gasteiger partial charge in [0, 0.05) is 186 Å². The molecule has 14 rings (SSSR count). The summed E-state index contributed by atoms with van der Waals surface area (Å²) < 4.78 is 104. The second-order valence-corrected chi connectivity index (χ2v) is 37.2. The van der Waals surface area contributed by atoms with Gasteiger partial charge >= 0.3 is 0 Å². The molecule has 0 amide bonds. The average molecular weight is 1410 g/mol. The average Bonchev–Trinajstić information content (AvgIpc) is 0.973. The van der Waals surface area contributed by atoms with Gasteiger partial charge in [0.05, 0.1) is 23.0 Å². The second-order valence-electron chi connectivity index (χ2n) is 27.7. The van der Waals surface area contributed by atoms with Gasteiger partial charge in [-0.2, -0.15) is 8.61 Å². The lowest BCUT2D eigenvalue weighted by Crippen LogP contribution is -2.60. The normalized spacial score (nSPS) is 19.9. The van der Waals surface area contributed by atoms with Gasteiger partial charge in [-0.15, -0.1) is 0 Å². The number of halogens is 2. The number of anilines is 3. The quantitative estimate of drug-likeness (QED) is 0.0900. The van der Waals surface area contributed by atoms with Crippen molar-refractivity contribution < 1.29 is 33.7 Å². The summed E-state index contributed by atoms with van der Waals surface area (Å²) in [6.07, 6.45) is 20.1. The fraction of sp³-hybridized carbons (Fsp3) is 0.536. The Labute approximate surface area is 567 Å². The Hall–Kier alpha value is -5.34. The van der Waals surface area contributed by atoms with Gasteiger partial charge in [-0.3, -0.25) is 0 Å². The number of nitrogens with zero attached hydrogens (tertiary/aromatic N) is 7. The van der Waals surface area contributed by atoms with Crippen molar-refractivity contribution >= 4 is 124 Å². The zero-order chi connectivity index (χ0) is 67.1. The molecule has 25 heteroatoms. The lowest BCUT2D eigenvalue weighted by molar-refractivity contribution is 0.206. The minimum Gasteiger partial charge on any atom is -0.371 e. The fourth-order valence-electron chi connectivity index (χ4n) is 15.1. The van der Waals surface area contributed by atoms with E-state index >= 15 is 0 Å². The zero-order valence-electron chi connectivity index (χ0n) is 55.7. The number of sulfonamides is 4. The van der Waals surface area contributed by atoms with Crippen LogP contribution in [-0.2, 0) is 40.1 Å². The van der Waals surface area contributed by atoms with E-state index < -0.39 is 45.6 Å². The van der Waals surface area contributed by atoms with Crippen molar-refractivity contribution in [1.29, 1.82) is 0 Å². The standard InChI is InChI=1S/C18H23ClN2O2S.C18H27N3O2S.C17H24N4O2S.C16H21ClN2O2S/c19-14-11-17(16-5-8-20-18(16)12-14)13-6-9-21(10-7-13)24(22,23)15-3-1-2-4-15;1-13(2)14-10-16-15(6-7-19-16)17(11-14)20-8-9-21(24(5,22)23)18(3,4)12-20;1-24(22,23)21-10-8-20(9-11-21)17-13-14(19-6-2-3-7-19)12-16-15(17)4-5-18-16;1-11(2)22(20,21)19-7-4-12(5-8-19)15-9-13(17)10-16-14(15)3-6-18-16/h5,8,11-13,15,20H,1-4,6-7,9-10H2;6-7,10-11,13,19H,8-9,12H2,1-5H3;4-5,12-13,18H,2-3,6-11H2,1H3;3,6,9-12,18H,4-5,7-8H2,1-2H3. The molecule has 1 aliphatic carbocycles. The Balaban J connectivity index is 0.000000128. The molecule has 0 bridgehead atoms. The number of H-pyrrole nitrogens is 4. The number of rotatable bonds is 12. The van der Waals surface area contributed by atoms with Crippen LogP contribution in [0.4, 0.5) is 17.1 Å². The lowest BCUT2D eigenvalue weighted by Gasteiger charge is -2.46. The molecule has 4 aromatic heterocycles. The van der Waals surface area contributed by atoms with E-state index in [1.54, 1.807) is 31.1 Å². The van der Waals surface area contributed by atoms with E-state index in [1.165, 1.54) is 80.7 Å². The van der Waals surface area contributed by atoms with Crippen LogP contribution in [0.15, 0.2) is 97.6 Å². The number of fused-ring (bicyclic) bond motifs is 4. The highest BCUT2D eigenvalue weighted by Gasteiger charge is 2.41. The van der Waals surface area contributed by atoms with E-state index in [-0.39, 0.29) is 10.5 Å². The Morgan fingerprint density at radius 1 is 0.457 bits per heavy atom. The third-order valence-corrected chi connectivity index (χ3v) is 28.1. The van der Waals surface area contributed by atoms with Gasteiger partial charge in [0.15, 0.2) is 0 Å². The molecular weight excluding hydrogens is 1310 g/mol. The van der Waals surface area contributed by atoms with Gasteiger partial charge in [0.25, 0.3) is 0 Å². The Morgan fingerprint density at radius 3 is 1.38 bits per heavy atom. The Kier molecular flexibility index (Phi) is 21.3. The van der Waals surface area contributed by atoms with Crippen LogP contribution in [0.1, 0.15) is 140 Å². The largest absolute Gasteiger partial charge is 0.371 e. The van der Waals surface area contributed by atoms with Crippen molar-refractivity contribution in [3.8, 4) is 0 Å². The number of hydrogen-bond donors (Lipinski definition) is 4. The summed E-state index contributed by atoms with van der Waals surface area (Å²) in [6, 6.07) is 25.3. The number of benzene rings is 4. The van der Waals surface area contributed by atoms with Crippen molar-refractivity contribution in [3.63, 3.8) is 0 Å². The van der Waals surface area contributed by atoms with Gasteiger partial charge < -0.3 is 34.6 Å². The van der Waals surface area contributed by atoms with E-state index in [0.717, 1.165) is 110 Å². The molecule has 5 saturated heterocycles. The van der Waals surface area contributed by atoms with Crippen molar-refractivity contribution in [2.24, 2.45) is 0 Å². The molecule has 6 fully saturated rings. The molecule has 0 spiro atoms. The number of piperidine rings is 2. The van der Waals surface area contributed by atoms with Gasteiger partial charge in [-0.1, -0.05) is 49.9 Å². The smallest absolute Gasteiger partial charge is 0.216 e.